The smallest absolute Gasteiger partial charge is 0.256 e. The van der Waals surface area contributed by atoms with Crippen molar-refractivity contribution in [2.45, 2.75) is 45.7 Å². The van der Waals surface area contributed by atoms with Crippen LogP contribution in [-0.4, -0.2) is 38.1 Å². The van der Waals surface area contributed by atoms with Crippen molar-refractivity contribution < 1.29 is 9.18 Å². The predicted molar refractivity (Wildman–Crippen MR) is 113 cm³/mol. The van der Waals surface area contributed by atoms with Gasteiger partial charge in [0.15, 0.2) is 5.65 Å². The topological polar surface area (TPSA) is 75.4 Å². The first-order valence-corrected chi connectivity index (χ1v) is 10.9. The van der Waals surface area contributed by atoms with Crippen LogP contribution >= 0.6 is 0 Å². The molecule has 2 bridgehead atoms. The van der Waals surface area contributed by atoms with Gasteiger partial charge in [-0.1, -0.05) is 13.8 Å². The lowest BCUT2D eigenvalue weighted by Gasteiger charge is -2.33. The third-order valence-corrected chi connectivity index (χ3v) is 7.58. The monoisotopic (exact) mass is 420 g/mol. The Bertz CT molecular complexity index is 1220. The largest absolute Gasteiger partial charge is 0.349 e. The van der Waals surface area contributed by atoms with Crippen molar-refractivity contribution in [3.8, 4) is 0 Å². The van der Waals surface area contributed by atoms with E-state index in [1.165, 1.54) is 6.20 Å². The van der Waals surface area contributed by atoms with Crippen molar-refractivity contribution in [3.05, 3.63) is 53.4 Å². The molecule has 0 aromatic carbocycles. The molecular formula is C23H25FN6O. The molecule has 0 unspecified atom stereocenters. The highest BCUT2D eigenvalue weighted by Gasteiger charge is 2.67. The Morgan fingerprint density at radius 2 is 2.13 bits per heavy atom. The summed E-state index contributed by atoms with van der Waals surface area (Å²) in [6.07, 6.45) is 6.11. The van der Waals surface area contributed by atoms with Crippen molar-refractivity contribution in [1.82, 2.24) is 24.9 Å². The van der Waals surface area contributed by atoms with Crippen molar-refractivity contribution >= 4 is 17.4 Å². The molecule has 8 heteroatoms. The number of nitrogens with one attached hydrogen (secondary N) is 1. The third-order valence-electron chi connectivity index (χ3n) is 7.58. The molecule has 7 nitrogen and oxygen atoms in total. The Labute approximate surface area is 179 Å². The van der Waals surface area contributed by atoms with E-state index < -0.39 is 0 Å². The number of nitrogens with zero attached hydrogens (tertiary/aromatic N) is 5. The summed E-state index contributed by atoms with van der Waals surface area (Å²) in [4.78, 5) is 24.5. The fourth-order valence-electron chi connectivity index (χ4n) is 5.73. The third kappa shape index (κ3) is 2.70. The Kier molecular flexibility index (Phi) is 3.77. The number of fused-ring (bicyclic) bond motifs is 7. The maximum atomic E-state index is 14.4. The Morgan fingerprint density at radius 1 is 1.29 bits per heavy atom. The molecule has 3 aromatic rings. The fraction of sp³-hybridized carbons (Fsp3) is 0.478. The molecule has 1 saturated carbocycles. The van der Waals surface area contributed by atoms with E-state index in [-0.39, 0.29) is 29.2 Å². The zero-order valence-corrected chi connectivity index (χ0v) is 17.8. The first-order chi connectivity index (χ1) is 14.8. The van der Waals surface area contributed by atoms with Crippen molar-refractivity contribution in [2.24, 2.45) is 17.3 Å². The van der Waals surface area contributed by atoms with Gasteiger partial charge in [0.05, 0.1) is 18.4 Å². The van der Waals surface area contributed by atoms with Crippen LogP contribution in [-0.2, 0) is 6.42 Å². The molecule has 6 rings (SSSR count). The molecule has 4 atom stereocenters. The average molecular weight is 420 g/mol. The van der Waals surface area contributed by atoms with Crippen LogP contribution in [0.15, 0.2) is 30.7 Å². The first-order valence-electron chi connectivity index (χ1n) is 10.9. The lowest BCUT2D eigenvalue weighted by atomic mass is 9.92. The molecule has 1 aliphatic carbocycles. The standard InChI is InChI=1S/C23H25FN6O/c1-12-4-5-17-14(8-13(24)9-25-17)20-19-16(23(19,2)3)11-29(20)18-6-7-30-21(28-18)15(10-26-30)22(31)27-12/h6-10,12,16,19-20H,4-5,11H2,1-3H3,(H,27,31)/t12-,16-,19-,20-/m1/s1. The highest BCUT2D eigenvalue weighted by atomic mass is 19.1. The van der Waals surface area contributed by atoms with E-state index in [0.29, 0.717) is 29.5 Å². The maximum absolute atomic E-state index is 14.4. The van der Waals surface area contributed by atoms with E-state index in [1.807, 2.05) is 19.2 Å². The molecule has 5 heterocycles. The van der Waals surface area contributed by atoms with E-state index in [2.05, 4.69) is 34.1 Å². The number of halogens is 1. The molecule has 2 fully saturated rings. The van der Waals surface area contributed by atoms with Crippen LogP contribution in [0.3, 0.4) is 0 Å². The predicted octanol–water partition coefficient (Wildman–Crippen LogP) is 3.16. The van der Waals surface area contributed by atoms with Gasteiger partial charge in [-0.15, -0.1) is 0 Å². The number of aromatic nitrogens is 4. The molecule has 0 radical (unpaired) electrons. The molecule has 3 aromatic heterocycles. The summed E-state index contributed by atoms with van der Waals surface area (Å²) in [5, 5.41) is 7.35. The Morgan fingerprint density at radius 3 is 2.97 bits per heavy atom. The zero-order chi connectivity index (χ0) is 21.5. The summed E-state index contributed by atoms with van der Waals surface area (Å²) in [5.74, 6) is 1.23. The van der Waals surface area contributed by atoms with E-state index in [0.717, 1.165) is 30.0 Å². The normalized spacial score (nSPS) is 28.8. The number of piperidine rings is 1. The Hall–Kier alpha value is -3.03. The minimum absolute atomic E-state index is 0.0132. The van der Waals surface area contributed by atoms with Crippen molar-refractivity contribution in [3.63, 3.8) is 0 Å². The molecule has 1 saturated heterocycles. The van der Waals surface area contributed by atoms with Crippen LogP contribution in [0.1, 0.15) is 54.8 Å². The number of anilines is 1. The molecule has 1 N–H and O–H groups in total. The summed E-state index contributed by atoms with van der Waals surface area (Å²) in [5.41, 5.74) is 3.07. The number of hydrogen-bond acceptors (Lipinski definition) is 5. The quantitative estimate of drug-likeness (QED) is 0.605. The second-order valence-electron chi connectivity index (χ2n) is 9.77. The minimum Gasteiger partial charge on any atom is -0.349 e. The fourth-order valence-corrected chi connectivity index (χ4v) is 5.73. The van der Waals surface area contributed by atoms with Gasteiger partial charge in [0.25, 0.3) is 5.91 Å². The molecule has 1 amide bonds. The highest BCUT2D eigenvalue weighted by Crippen LogP contribution is 2.69. The van der Waals surface area contributed by atoms with Gasteiger partial charge in [0.2, 0.25) is 0 Å². The molecule has 3 aliphatic rings. The second kappa shape index (κ2) is 6.24. The number of carbonyl (C=O) groups is 1. The van der Waals surface area contributed by atoms with Gasteiger partial charge in [0.1, 0.15) is 17.2 Å². The molecule has 0 spiro atoms. The number of pyridine rings is 1. The lowest BCUT2D eigenvalue weighted by molar-refractivity contribution is 0.0940. The van der Waals surface area contributed by atoms with Gasteiger partial charge >= 0.3 is 0 Å². The number of rotatable bonds is 0. The van der Waals surface area contributed by atoms with Gasteiger partial charge in [-0.05, 0) is 54.7 Å². The lowest BCUT2D eigenvalue weighted by Crippen LogP contribution is -2.33. The van der Waals surface area contributed by atoms with Gasteiger partial charge in [-0.25, -0.2) is 13.9 Å². The summed E-state index contributed by atoms with van der Waals surface area (Å²) >= 11 is 0. The van der Waals surface area contributed by atoms with Crippen LogP contribution in [0, 0.1) is 23.1 Å². The number of hydrogen-bond donors (Lipinski definition) is 1. The van der Waals surface area contributed by atoms with Crippen LogP contribution < -0.4 is 10.2 Å². The van der Waals surface area contributed by atoms with E-state index >= 15 is 0 Å². The zero-order valence-electron chi connectivity index (χ0n) is 17.8. The van der Waals surface area contributed by atoms with Gasteiger partial charge in [-0.2, -0.15) is 5.10 Å². The summed E-state index contributed by atoms with van der Waals surface area (Å²) < 4.78 is 16.0. The summed E-state index contributed by atoms with van der Waals surface area (Å²) in [7, 11) is 0. The second-order valence-corrected chi connectivity index (χ2v) is 9.77. The van der Waals surface area contributed by atoms with E-state index in [4.69, 9.17) is 4.98 Å². The minimum atomic E-state index is -0.312. The molecular weight excluding hydrogens is 395 g/mol. The average Bonchev–Trinajstić information content (AvgIpc) is 3.12. The molecule has 2 aliphatic heterocycles. The van der Waals surface area contributed by atoms with Gasteiger partial charge in [0, 0.05) is 24.5 Å². The van der Waals surface area contributed by atoms with E-state index in [1.54, 1.807) is 16.8 Å². The SMILES string of the molecule is C[C@@H]1CCc2ncc(F)cc2[C@@H]2[C@H]3[C@@H](CN2c2ccn4ncc(c4n2)C(=O)N1)C3(C)C. The van der Waals surface area contributed by atoms with Crippen LogP contribution in [0.4, 0.5) is 10.2 Å². The number of aryl methyl sites for hydroxylation is 1. The number of carbonyl (C=O) groups excluding carboxylic acids is 1. The number of amides is 1. The molecule has 31 heavy (non-hydrogen) atoms. The van der Waals surface area contributed by atoms with Crippen molar-refractivity contribution in [1.29, 1.82) is 0 Å². The highest BCUT2D eigenvalue weighted by molar-refractivity contribution is 5.99. The summed E-state index contributed by atoms with van der Waals surface area (Å²) in [6.45, 7) is 7.42. The van der Waals surface area contributed by atoms with Crippen LogP contribution in [0.2, 0.25) is 0 Å². The van der Waals surface area contributed by atoms with E-state index in [9.17, 15) is 9.18 Å². The van der Waals surface area contributed by atoms with Crippen LogP contribution in [0.5, 0.6) is 0 Å². The molecule has 160 valence electrons. The van der Waals surface area contributed by atoms with Crippen LogP contribution in [0.25, 0.3) is 5.65 Å². The summed E-state index contributed by atoms with van der Waals surface area (Å²) in [6, 6.07) is 3.54. The van der Waals surface area contributed by atoms with Gasteiger partial charge in [-0.3, -0.25) is 9.78 Å². The van der Waals surface area contributed by atoms with Crippen molar-refractivity contribution in [2.75, 3.05) is 11.4 Å². The Balaban J connectivity index is 1.56. The first kappa shape index (κ1) is 18.7. The maximum Gasteiger partial charge on any atom is 0.256 e. The van der Waals surface area contributed by atoms with Gasteiger partial charge < -0.3 is 10.2 Å².